The van der Waals surface area contributed by atoms with E-state index in [1.54, 1.807) is 0 Å². The molecule has 15 heavy (non-hydrogen) atoms. The summed E-state index contributed by atoms with van der Waals surface area (Å²) in [6, 6.07) is -0.329. The van der Waals surface area contributed by atoms with Crippen LogP contribution in [0.1, 0.15) is 39.5 Å². The molecule has 2 rings (SSSR count). The highest BCUT2D eigenvalue weighted by Crippen LogP contribution is 2.37. The van der Waals surface area contributed by atoms with Crippen molar-refractivity contribution in [3.8, 4) is 0 Å². The lowest BCUT2D eigenvalue weighted by molar-refractivity contribution is -0.125. The van der Waals surface area contributed by atoms with Gasteiger partial charge in [-0.1, -0.05) is 20.3 Å². The van der Waals surface area contributed by atoms with Gasteiger partial charge in [-0.3, -0.25) is 10.1 Å². The van der Waals surface area contributed by atoms with Gasteiger partial charge in [-0.15, -0.1) is 0 Å². The summed E-state index contributed by atoms with van der Waals surface area (Å²) in [5, 5.41) is 5.15. The van der Waals surface area contributed by atoms with E-state index in [-0.39, 0.29) is 11.9 Å². The molecule has 2 N–H and O–H groups in total. The molecule has 84 valence electrons. The predicted molar refractivity (Wildman–Crippen MR) is 56.2 cm³/mol. The van der Waals surface area contributed by atoms with E-state index in [0.717, 1.165) is 19.3 Å². The Morgan fingerprint density at radius 1 is 1.40 bits per heavy atom. The molecule has 3 amide bonds. The van der Waals surface area contributed by atoms with E-state index in [9.17, 15) is 9.59 Å². The van der Waals surface area contributed by atoms with Crippen molar-refractivity contribution >= 4 is 11.9 Å². The Kier molecular flexibility index (Phi) is 2.44. The first kappa shape index (κ1) is 10.5. The molecule has 1 saturated heterocycles. The number of imide groups is 1. The zero-order valence-corrected chi connectivity index (χ0v) is 9.30. The molecule has 1 saturated carbocycles. The van der Waals surface area contributed by atoms with E-state index < -0.39 is 5.54 Å². The van der Waals surface area contributed by atoms with Crippen LogP contribution in [-0.2, 0) is 4.79 Å². The minimum absolute atomic E-state index is 0.127. The van der Waals surface area contributed by atoms with Crippen LogP contribution in [0, 0.1) is 11.8 Å². The van der Waals surface area contributed by atoms with E-state index >= 15 is 0 Å². The third-order valence-corrected chi connectivity index (χ3v) is 3.75. The standard InChI is InChI=1S/C11H18N2O2/c1-7(2)8-4-3-5-11(6-8)9(14)12-10(15)13-11/h7-8H,3-6H2,1-2H3,(H2,12,13,14,15). The van der Waals surface area contributed by atoms with E-state index in [1.807, 2.05) is 0 Å². The smallest absolute Gasteiger partial charge is 0.322 e. The van der Waals surface area contributed by atoms with Gasteiger partial charge in [0.15, 0.2) is 0 Å². The Hall–Kier alpha value is -1.06. The zero-order chi connectivity index (χ0) is 11.1. The zero-order valence-electron chi connectivity index (χ0n) is 9.30. The van der Waals surface area contributed by atoms with Crippen LogP contribution in [0.5, 0.6) is 0 Å². The van der Waals surface area contributed by atoms with Crippen molar-refractivity contribution in [3.63, 3.8) is 0 Å². The average Bonchev–Trinajstić information content (AvgIpc) is 2.41. The SMILES string of the molecule is CC(C)C1CCCC2(C1)NC(=O)NC2=O. The fourth-order valence-corrected chi connectivity index (χ4v) is 2.73. The van der Waals surface area contributed by atoms with Crippen molar-refractivity contribution in [1.29, 1.82) is 0 Å². The highest BCUT2D eigenvalue weighted by Gasteiger charge is 2.49. The number of urea groups is 1. The third kappa shape index (κ3) is 1.73. The number of carbonyl (C=O) groups excluding carboxylic acids is 2. The number of hydrogen-bond acceptors (Lipinski definition) is 2. The maximum atomic E-state index is 11.7. The van der Waals surface area contributed by atoms with Crippen molar-refractivity contribution in [2.24, 2.45) is 11.8 Å². The molecule has 0 bridgehead atoms. The van der Waals surface area contributed by atoms with Crippen LogP contribution in [0.2, 0.25) is 0 Å². The summed E-state index contributed by atoms with van der Waals surface area (Å²) in [7, 11) is 0. The summed E-state index contributed by atoms with van der Waals surface area (Å²) in [5.74, 6) is 0.994. The van der Waals surface area contributed by atoms with E-state index in [0.29, 0.717) is 11.8 Å². The lowest BCUT2D eigenvalue weighted by atomic mass is 9.72. The number of rotatable bonds is 1. The van der Waals surface area contributed by atoms with Crippen LogP contribution < -0.4 is 10.6 Å². The molecule has 4 nitrogen and oxygen atoms in total. The van der Waals surface area contributed by atoms with E-state index in [4.69, 9.17) is 0 Å². The number of amides is 3. The Morgan fingerprint density at radius 3 is 2.67 bits per heavy atom. The highest BCUT2D eigenvalue weighted by molar-refractivity contribution is 6.07. The van der Waals surface area contributed by atoms with Gasteiger partial charge in [0, 0.05) is 0 Å². The first-order valence-electron chi connectivity index (χ1n) is 5.67. The minimum atomic E-state index is -0.593. The third-order valence-electron chi connectivity index (χ3n) is 3.75. The predicted octanol–water partition coefficient (Wildman–Crippen LogP) is 1.41. The molecule has 1 heterocycles. The van der Waals surface area contributed by atoms with Crippen LogP contribution in [0.15, 0.2) is 0 Å². The summed E-state index contributed by atoms with van der Waals surface area (Å²) in [6.45, 7) is 4.36. The molecule has 2 atom stereocenters. The first-order chi connectivity index (χ1) is 7.03. The Labute approximate surface area is 89.8 Å². The lowest BCUT2D eigenvalue weighted by Gasteiger charge is -2.37. The minimum Gasteiger partial charge on any atom is -0.323 e. The maximum Gasteiger partial charge on any atom is 0.322 e. The first-order valence-corrected chi connectivity index (χ1v) is 5.67. The largest absolute Gasteiger partial charge is 0.323 e. The summed E-state index contributed by atoms with van der Waals surface area (Å²) in [5.41, 5.74) is -0.593. The molecule has 2 fully saturated rings. The second-order valence-electron chi connectivity index (χ2n) is 5.09. The molecular weight excluding hydrogens is 192 g/mol. The molecular formula is C11H18N2O2. The van der Waals surface area contributed by atoms with Crippen LogP contribution in [0.3, 0.4) is 0 Å². The summed E-state index contributed by atoms with van der Waals surface area (Å²) in [4.78, 5) is 22.9. The van der Waals surface area contributed by atoms with Gasteiger partial charge in [0.2, 0.25) is 0 Å². The van der Waals surface area contributed by atoms with Crippen LogP contribution in [-0.4, -0.2) is 17.5 Å². The summed E-state index contributed by atoms with van der Waals surface area (Å²) < 4.78 is 0. The Morgan fingerprint density at radius 2 is 2.13 bits per heavy atom. The number of nitrogens with one attached hydrogen (secondary N) is 2. The van der Waals surface area contributed by atoms with E-state index in [2.05, 4.69) is 24.5 Å². The molecule has 2 unspecified atom stereocenters. The van der Waals surface area contributed by atoms with Gasteiger partial charge >= 0.3 is 6.03 Å². The molecule has 0 radical (unpaired) electrons. The molecule has 1 spiro atoms. The molecule has 4 heteroatoms. The molecule has 2 aliphatic rings. The quantitative estimate of drug-likeness (QED) is 0.643. The van der Waals surface area contributed by atoms with Gasteiger partial charge in [-0.05, 0) is 31.1 Å². The van der Waals surface area contributed by atoms with Gasteiger partial charge in [-0.25, -0.2) is 4.79 Å². The van der Waals surface area contributed by atoms with Crippen molar-refractivity contribution in [2.75, 3.05) is 0 Å². The Balaban J connectivity index is 2.15. The monoisotopic (exact) mass is 210 g/mol. The molecule has 0 aromatic heterocycles. The van der Waals surface area contributed by atoms with Crippen LogP contribution in [0.4, 0.5) is 4.79 Å². The van der Waals surface area contributed by atoms with Gasteiger partial charge < -0.3 is 5.32 Å². The van der Waals surface area contributed by atoms with Gasteiger partial charge in [0.05, 0.1) is 0 Å². The van der Waals surface area contributed by atoms with Gasteiger partial charge in [-0.2, -0.15) is 0 Å². The molecule has 0 aromatic rings. The summed E-state index contributed by atoms with van der Waals surface area (Å²) >= 11 is 0. The Bertz CT molecular complexity index is 301. The molecule has 1 aliphatic carbocycles. The topological polar surface area (TPSA) is 58.2 Å². The second-order valence-corrected chi connectivity index (χ2v) is 5.09. The fourth-order valence-electron chi connectivity index (χ4n) is 2.73. The van der Waals surface area contributed by atoms with Crippen molar-refractivity contribution in [1.82, 2.24) is 10.6 Å². The average molecular weight is 210 g/mol. The normalized spacial score (nSPS) is 35.8. The van der Waals surface area contributed by atoms with Crippen LogP contribution >= 0.6 is 0 Å². The highest BCUT2D eigenvalue weighted by atomic mass is 16.2. The lowest BCUT2D eigenvalue weighted by Crippen LogP contribution is -2.50. The summed E-state index contributed by atoms with van der Waals surface area (Å²) in [6.07, 6.45) is 3.77. The van der Waals surface area contributed by atoms with Crippen molar-refractivity contribution < 1.29 is 9.59 Å². The number of carbonyl (C=O) groups is 2. The number of hydrogen-bond donors (Lipinski definition) is 2. The second kappa shape index (κ2) is 3.51. The fraction of sp³-hybridized carbons (Fsp3) is 0.818. The van der Waals surface area contributed by atoms with Crippen molar-refractivity contribution in [3.05, 3.63) is 0 Å². The van der Waals surface area contributed by atoms with Gasteiger partial charge in [0.25, 0.3) is 5.91 Å². The van der Waals surface area contributed by atoms with Crippen molar-refractivity contribution in [2.45, 2.75) is 45.1 Å². The molecule has 0 aromatic carbocycles. The van der Waals surface area contributed by atoms with E-state index in [1.165, 1.54) is 6.42 Å². The van der Waals surface area contributed by atoms with Gasteiger partial charge in [0.1, 0.15) is 5.54 Å². The van der Waals surface area contributed by atoms with Crippen LogP contribution in [0.25, 0.3) is 0 Å². The molecule has 1 aliphatic heterocycles. The maximum absolute atomic E-state index is 11.7.